The first-order valence-corrected chi connectivity index (χ1v) is 9.15. The lowest BCUT2D eigenvalue weighted by Crippen LogP contribution is -2.47. The number of alkyl halides is 1. The highest BCUT2D eigenvalue weighted by molar-refractivity contribution is 6.18. The number of para-hydroxylation sites is 2. The summed E-state index contributed by atoms with van der Waals surface area (Å²) in [6.07, 6.45) is 1.86. The van der Waals surface area contributed by atoms with Crippen molar-refractivity contribution in [3.63, 3.8) is 0 Å². The summed E-state index contributed by atoms with van der Waals surface area (Å²) >= 11 is 5.60. The maximum atomic E-state index is 12.1. The minimum atomic E-state index is -0.170. The van der Waals surface area contributed by atoms with Crippen LogP contribution in [-0.2, 0) is 9.59 Å². The van der Waals surface area contributed by atoms with Crippen molar-refractivity contribution in [3.8, 4) is 11.5 Å². The van der Waals surface area contributed by atoms with Gasteiger partial charge in [-0.1, -0.05) is 12.1 Å². The fourth-order valence-electron chi connectivity index (χ4n) is 2.77. The Hall–Kier alpha value is -1.95. The van der Waals surface area contributed by atoms with Gasteiger partial charge in [0.05, 0.1) is 6.61 Å². The second kappa shape index (κ2) is 10.1. The second-order valence-corrected chi connectivity index (χ2v) is 6.21. The van der Waals surface area contributed by atoms with Gasteiger partial charge in [-0.15, -0.1) is 11.6 Å². The summed E-state index contributed by atoms with van der Waals surface area (Å²) in [6.45, 7) is 3.67. The third-order valence-corrected chi connectivity index (χ3v) is 4.22. The van der Waals surface area contributed by atoms with Crippen LogP contribution in [0.15, 0.2) is 24.3 Å². The van der Waals surface area contributed by atoms with Crippen LogP contribution < -0.4 is 14.8 Å². The molecule has 1 saturated heterocycles. The van der Waals surface area contributed by atoms with Crippen LogP contribution in [-0.4, -0.2) is 54.9 Å². The number of carbonyl (C=O) groups excluding carboxylic acids is 2. The van der Waals surface area contributed by atoms with E-state index in [1.165, 1.54) is 0 Å². The third-order valence-electron chi connectivity index (χ3n) is 4.03. The van der Waals surface area contributed by atoms with E-state index in [1.54, 1.807) is 11.0 Å². The molecule has 1 aliphatic heterocycles. The van der Waals surface area contributed by atoms with Gasteiger partial charge in [-0.05, 0) is 31.9 Å². The standard InChI is InChI=1S/C18H25ClN2O4/c1-2-24-15-5-3-4-6-16(15)25-13-17(22)20-14-8-11-21(12-9-14)18(23)7-10-19/h3-6,14H,2,7-13H2,1H3,(H,20,22). The van der Waals surface area contributed by atoms with Gasteiger partial charge in [-0.2, -0.15) is 0 Å². The van der Waals surface area contributed by atoms with E-state index in [1.807, 2.05) is 25.1 Å². The van der Waals surface area contributed by atoms with Gasteiger partial charge in [-0.25, -0.2) is 0 Å². The first kappa shape index (κ1) is 19.4. The fraction of sp³-hybridized carbons (Fsp3) is 0.556. The summed E-state index contributed by atoms with van der Waals surface area (Å²) in [7, 11) is 0. The number of hydrogen-bond donors (Lipinski definition) is 1. The molecule has 0 radical (unpaired) electrons. The number of nitrogens with zero attached hydrogens (tertiary/aromatic N) is 1. The van der Waals surface area contributed by atoms with Gasteiger partial charge in [0.25, 0.3) is 5.91 Å². The Kier molecular flexibility index (Phi) is 7.85. The van der Waals surface area contributed by atoms with Crippen LogP contribution in [0, 0.1) is 0 Å². The average Bonchev–Trinajstić information content (AvgIpc) is 2.62. The van der Waals surface area contributed by atoms with E-state index in [0.29, 0.717) is 43.5 Å². The molecule has 2 amide bonds. The highest BCUT2D eigenvalue weighted by atomic mass is 35.5. The van der Waals surface area contributed by atoms with Gasteiger partial charge >= 0.3 is 0 Å². The zero-order valence-electron chi connectivity index (χ0n) is 14.5. The van der Waals surface area contributed by atoms with Gasteiger partial charge in [0.1, 0.15) is 0 Å². The molecule has 0 spiro atoms. The number of ether oxygens (including phenoxy) is 2. The summed E-state index contributed by atoms with van der Waals surface area (Å²) in [4.78, 5) is 25.7. The molecule has 0 unspecified atom stereocenters. The van der Waals surface area contributed by atoms with Crippen LogP contribution >= 0.6 is 11.6 Å². The molecule has 6 nitrogen and oxygen atoms in total. The van der Waals surface area contributed by atoms with E-state index < -0.39 is 0 Å². The van der Waals surface area contributed by atoms with E-state index in [0.717, 1.165) is 12.8 Å². The maximum absolute atomic E-state index is 12.1. The van der Waals surface area contributed by atoms with Gasteiger partial charge < -0.3 is 19.7 Å². The van der Waals surface area contributed by atoms with E-state index in [-0.39, 0.29) is 24.5 Å². The molecule has 25 heavy (non-hydrogen) atoms. The average molecular weight is 369 g/mol. The molecule has 1 aromatic carbocycles. The summed E-state index contributed by atoms with van der Waals surface area (Å²) in [5.74, 6) is 1.44. The van der Waals surface area contributed by atoms with E-state index in [4.69, 9.17) is 21.1 Å². The van der Waals surface area contributed by atoms with Crippen molar-refractivity contribution in [3.05, 3.63) is 24.3 Å². The van der Waals surface area contributed by atoms with Crippen molar-refractivity contribution in [2.75, 3.05) is 32.2 Å². The Bertz CT molecular complexity index is 574. The zero-order valence-corrected chi connectivity index (χ0v) is 15.3. The molecular formula is C18H25ClN2O4. The Labute approximate surface area is 153 Å². The summed E-state index contributed by atoms with van der Waals surface area (Å²) in [5, 5.41) is 2.96. The van der Waals surface area contributed by atoms with Gasteiger partial charge in [0.2, 0.25) is 5.91 Å². The van der Waals surface area contributed by atoms with Crippen molar-refractivity contribution in [2.45, 2.75) is 32.2 Å². The zero-order chi connectivity index (χ0) is 18.1. The van der Waals surface area contributed by atoms with Crippen LogP contribution in [0.5, 0.6) is 11.5 Å². The molecule has 1 fully saturated rings. The van der Waals surface area contributed by atoms with Crippen molar-refractivity contribution < 1.29 is 19.1 Å². The monoisotopic (exact) mass is 368 g/mol. The summed E-state index contributed by atoms with van der Waals surface area (Å²) in [6, 6.07) is 7.35. The molecule has 0 aromatic heterocycles. The third kappa shape index (κ3) is 6.12. The Morgan fingerprint density at radius 3 is 2.44 bits per heavy atom. The molecule has 0 bridgehead atoms. The Balaban J connectivity index is 1.74. The number of likely N-dealkylation sites (tertiary alicyclic amines) is 1. The number of amides is 2. The van der Waals surface area contributed by atoms with Crippen LogP contribution in [0.3, 0.4) is 0 Å². The highest BCUT2D eigenvalue weighted by Crippen LogP contribution is 2.26. The van der Waals surface area contributed by atoms with E-state index in [9.17, 15) is 9.59 Å². The number of piperidine rings is 1. The predicted molar refractivity (Wildman–Crippen MR) is 96.2 cm³/mol. The lowest BCUT2D eigenvalue weighted by atomic mass is 10.0. The number of carbonyl (C=O) groups is 2. The normalized spacial score (nSPS) is 14.9. The number of halogens is 1. The Morgan fingerprint density at radius 2 is 1.84 bits per heavy atom. The van der Waals surface area contributed by atoms with Crippen molar-refractivity contribution in [2.24, 2.45) is 0 Å². The van der Waals surface area contributed by atoms with E-state index >= 15 is 0 Å². The summed E-state index contributed by atoms with van der Waals surface area (Å²) < 4.78 is 11.0. The van der Waals surface area contributed by atoms with E-state index in [2.05, 4.69) is 5.32 Å². The predicted octanol–water partition coefficient (Wildman–Crippen LogP) is 2.20. The lowest BCUT2D eigenvalue weighted by molar-refractivity contribution is -0.132. The number of hydrogen-bond acceptors (Lipinski definition) is 4. The minimum absolute atomic E-state index is 0.0600. The molecule has 1 N–H and O–H groups in total. The molecule has 1 aliphatic rings. The quantitative estimate of drug-likeness (QED) is 0.714. The summed E-state index contributed by atoms with van der Waals surface area (Å²) in [5.41, 5.74) is 0. The first-order valence-electron chi connectivity index (χ1n) is 8.61. The van der Waals surface area contributed by atoms with Gasteiger partial charge in [0.15, 0.2) is 18.1 Å². The number of nitrogens with one attached hydrogen (secondary N) is 1. The Morgan fingerprint density at radius 1 is 1.20 bits per heavy atom. The molecule has 0 saturated carbocycles. The van der Waals surface area contributed by atoms with Crippen LogP contribution in [0.25, 0.3) is 0 Å². The van der Waals surface area contributed by atoms with Crippen LogP contribution in [0.4, 0.5) is 0 Å². The highest BCUT2D eigenvalue weighted by Gasteiger charge is 2.23. The smallest absolute Gasteiger partial charge is 0.258 e. The minimum Gasteiger partial charge on any atom is -0.490 e. The molecule has 2 rings (SSSR count). The van der Waals surface area contributed by atoms with Crippen molar-refractivity contribution in [1.29, 1.82) is 0 Å². The molecule has 1 aromatic rings. The molecule has 0 aliphatic carbocycles. The first-order chi connectivity index (χ1) is 12.1. The molecule has 1 heterocycles. The molecule has 7 heteroatoms. The second-order valence-electron chi connectivity index (χ2n) is 5.83. The SMILES string of the molecule is CCOc1ccccc1OCC(=O)NC1CCN(C(=O)CCCl)CC1. The lowest BCUT2D eigenvalue weighted by Gasteiger charge is -2.32. The number of benzene rings is 1. The largest absolute Gasteiger partial charge is 0.490 e. The van der Waals surface area contributed by atoms with Crippen molar-refractivity contribution in [1.82, 2.24) is 10.2 Å². The maximum Gasteiger partial charge on any atom is 0.258 e. The van der Waals surface area contributed by atoms with Gasteiger partial charge in [0, 0.05) is 31.4 Å². The molecular weight excluding hydrogens is 344 g/mol. The van der Waals surface area contributed by atoms with Crippen molar-refractivity contribution >= 4 is 23.4 Å². The van der Waals surface area contributed by atoms with Crippen LogP contribution in [0.1, 0.15) is 26.2 Å². The molecule has 138 valence electrons. The molecule has 0 atom stereocenters. The van der Waals surface area contributed by atoms with Crippen LogP contribution in [0.2, 0.25) is 0 Å². The topological polar surface area (TPSA) is 67.9 Å². The number of rotatable bonds is 8. The fourth-order valence-corrected chi connectivity index (χ4v) is 2.93. The van der Waals surface area contributed by atoms with Gasteiger partial charge in [-0.3, -0.25) is 9.59 Å².